The predicted molar refractivity (Wildman–Crippen MR) is 220 cm³/mol. The smallest absolute Gasteiger partial charge is 0.336 e. The number of aryl methyl sites for hydroxylation is 2. The molecule has 11 nitrogen and oxygen atoms in total. The number of hydrogen-bond donors (Lipinski definition) is 0. The van der Waals surface area contributed by atoms with Gasteiger partial charge in [0.2, 0.25) is 0 Å². The number of unbranched alkanes of at least 4 members (excludes halogenated alkanes) is 8. The predicted octanol–water partition coefficient (Wildman–Crippen LogP) is 11.4. The van der Waals surface area contributed by atoms with Crippen LogP contribution in [-0.4, -0.2) is 26.4 Å². The molecule has 0 aliphatic rings. The summed E-state index contributed by atoms with van der Waals surface area (Å²) in [4.78, 5) is 27.4. The molecule has 0 atom stereocenters. The summed E-state index contributed by atoms with van der Waals surface area (Å²) in [5, 5.41) is 5.59. The van der Waals surface area contributed by atoms with Gasteiger partial charge in [-0.2, -0.15) is 0 Å². The van der Waals surface area contributed by atoms with Gasteiger partial charge < -0.3 is 27.8 Å². The monoisotopic (exact) mass is 765 g/mol. The van der Waals surface area contributed by atoms with E-state index in [2.05, 4.69) is 23.9 Å². The lowest BCUT2D eigenvalue weighted by molar-refractivity contribution is 0.240. The maximum absolute atomic E-state index is 12.3. The highest BCUT2D eigenvalue weighted by Gasteiger charge is 2.10. The molecule has 5 aromatic rings. The Morgan fingerprint density at radius 3 is 1.43 bits per heavy atom. The molecule has 0 bridgehead atoms. The van der Waals surface area contributed by atoms with Crippen molar-refractivity contribution in [1.29, 1.82) is 0 Å². The molecule has 11 heteroatoms. The van der Waals surface area contributed by atoms with Gasteiger partial charge in [0.25, 0.3) is 0 Å². The van der Waals surface area contributed by atoms with Gasteiger partial charge in [0, 0.05) is 58.9 Å². The van der Waals surface area contributed by atoms with E-state index in [1.165, 1.54) is 38.5 Å². The Morgan fingerprint density at radius 1 is 0.536 bits per heavy atom. The SMILES string of the molecule is CCCCCCCc1cc(=O)oc2cc(OCCCOc3cc(CN=[N+]=[N-])cc(OCCCOc4ccc5c(CCCCCCC)cc(=O)oc5c4)c3)ccc12. The number of hydrogen-bond acceptors (Lipinski definition) is 9. The van der Waals surface area contributed by atoms with Crippen LogP contribution in [0, 0.1) is 0 Å². The average Bonchev–Trinajstić information content (AvgIpc) is 3.19. The Bertz CT molecular complexity index is 2010. The molecular formula is C45H55N3O8. The number of azide groups is 1. The van der Waals surface area contributed by atoms with Crippen LogP contribution in [0.1, 0.15) is 108 Å². The van der Waals surface area contributed by atoms with Gasteiger partial charge in [-0.25, -0.2) is 9.59 Å². The number of fused-ring (bicyclic) bond motifs is 2. The first-order valence-electron chi connectivity index (χ1n) is 20.2. The van der Waals surface area contributed by atoms with Crippen LogP contribution in [0.3, 0.4) is 0 Å². The van der Waals surface area contributed by atoms with Crippen LogP contribution in [0.4, 0.5) is 0 Å². The van der Waals surface area contributed by atoms with Gasteiger partial charge in [-0.3, -0.25) is 0 Å². The summed E-state index contributed by atoms with van der Waals surface area (Å²) in [6.07, 6.45) is 14.6. The highest BCUT2D eigenvalue weighted by molar-refractivity contribution is 5.82. The summed E-state index contributed by atoms with van der Waals surface area (Å²) in [7, 11) is 0. The lowest BCUT2D eigenvalue weighted by Gasteiger charge is -2.13. The van der Waals surface area contributed by atoms with Crippen LogP contribution in [0.25, 0.3) is 32.4 Å². The molecule has 0 aliphatic heterocycles. The van der Waals surface area contributed by atoms with Crippen molar-refractivity contribution >= 4 is 21.9 Å². The first-order valence-corrected chi connectivity index (χ1v) is 20.2. The lowest BCUT2D eigenvalue weighted by Crippen LogP contribution is -2.07. The second-order valence-corrected chi connectivity index (χ2v) is 14.1. The van der Waals surface area contributed by atoms with Gasteiger partial charge in [-0.1, -0.05) is 70.3 Å². The van der Waals surface area contributed by atoms with Crippen LogP contribution in [0.2, 0.25) is 0 Å². The molecule has 0 saturated carbocycles. The van der Waals surface area contributed by atoms with Crippen molar-refractivity contribution < 1.29 is 27.8 Å². The Balaban J connectivity index is 1.07. The van der Waals surface area contributed by atoms with E-state index in [0.717, 1.165) is 66.0 Å². The van der Waals surface area contributed by atoms with Crippen molar-refractivity contribution in [2.24, 2.45) is 5.11 Å². The fourth-order valence-electron chi connectivity index (χ4n) is 6.73. The minimum absolute atomic E-state index is 0.160. The van der Waals surface area contributed by atoms with E-state index in [1.54, 1.807) is 30.3 Å². The van der Waals surface area contributed by atoms with Gasteiger partial charge in [-0.15, -0.1) is 0 Å². The standard InChI is InChI=1S/C45H55N3O8/c1-3-5-7-9-11-15-34-27-44(49)55-42-30-36(17-19-40(34)42)51-21-13-23-53-38-25-33(32-47-48-46)26-39(29-38)54-24-14-22-52-37-18-20-41-35(16-12-10-8-6-4-2)28-45(50)56-43(41)31-37/h17-20,25-31H,3-16,21-24,32H2,1-2H3. The quantitative estimate of drug-likeness (QED) is 0.0178. The molecule has 0 aliphatic carbocycles. The molecule has 56 heavy (non-hydrogen) atoms. The molecular weight excluding hydrogens is 711 g/mol. The fourth-order valence-corrected chi connectivity index (χ4v) is 6.73. The maximum atomic E-state index is 12.3. The fraction of sp³-hybridized carbons (Fsp3) is 0.467. The molecule has 0 amide bonds. The van der Waals surface area contributed by atoms with Crippen LogP contribution in [-0.2, 0) is 19.4 Å². The minimum atomic E-state index is -0.346. The van der Waals surface area contributed by atoms with Gasteiger partial charge in [-0.05, 0) is 84.3 Å². The Kier molecular flexibility index (Phi) is 17.0. The highest BCUT2D eigenvalue weighted by Crippen LogP contribution is 2.27. The normalized spacial score (nSPS) is 11.1. The Labute approximate surface area is 328 Å². The second kappa shape index (κ2) is 22.8. The number of benzene rings is 3. The summed E-state index contributed by atoms with van der Waals surface area (Å²) in [6, 6.07) is 20.0. The van der Waals surface area contributed by atoms with Crippen molar-refractivity contribution in [3.05, 3.63) is 115 Å². The van der Waals surface area contributed by atoms with Crippen molar-refractivity contribution in [2.75, 3.05) is 26.4 Å². The molecule has 2 heterocycles. The molecule has 0 unspecified atom stereocenters. The minimum Gasteiger partial charge on any atom is -0.493 e. The van der Waals surface area contributed by atoms with Crippen molar-refractivity contribution in [2.45, 2.75) is 110 Å². The lowest BCUT2D eigenvalue weighted by atomic mass is 10.0. The van der Waals surface area contributed by atoms with Crippen molar-refractivity contribution in [1.82, 2.24) is 0 Å². The molecule has 0 N–H and O–H groups in total. The Hall–Kier alpha value is -5.41. The van der Waals surface area contributed by atoms with Crippen LogP contribution < -0.4 is 30.2 Å². The number of rotatable bonds is 26. The first kappa shape index (κ1) is 41.7. The molecule has 298 valence electrons. The summed E-state index contributed by atoms with van der Waals surface area (Å²) in [5.41, 5.74) is 12.0. The van der Waals surface area contributed by atoms with E-state index < -0.39 is 0 Å². The zero-order valence-corrected chi connectivity index (χ0v) is 32.9. The highest BCUT2D eigenvalue weighted by atomic mass is 16.5. The summed E-state index contributed by atoms with van der Waals surface area (Å²) in [5.74, 6) is 2.44. The van der Waals surface area contributed by atoms with Crippen LogP contribution in [0.5, 0.6) is 23.0 Å². The molecule has 0 fully saturated rings. The molecule has 5 rings (SSSR count). The summed E-state index contributed by atoms with van der Waals surface area (Å²) in [6.45, 7) is 6.13. The van der Waals surface area contributed by atoms with Crippen LogP contribution in [0.15, 0.2) is 90.3 Å². The topological polar surface area (TPSA) is 146 Å². The summed E-state index contributed by atoms with van der Waals surface area (Å²) >= 11 is 0. The third kappa shape index (κ3) is 13.4. The molecule has 2 aromatic heterocycles. The molecule has 0 saturated heterocycles. The average molecular weight is 766 g/mol. The van der Waals surface area contributed by atoms with E-state index in [9.17, 15) is 9.59 Å². The zero-order valence-electron chi connectivity index (χ0n) is 32.9. The number of ether oxygens (including phenoxy) is 4. The number of nitrogens with zero attached hydrogens (tertiary/aromatic N) is 3. The van der Waals surface area contributed by atoms with Gasteiger partial charge in [0.15, 0.2) is 0 Å². The second-order valence-electron chi connectivity index (χ2n) is 14.1. The van der Waals surface area contributed by atoms with E-state index in [-0.39, 0.29) is 17.8 Å². The van der Waals surface area contributed by atoms with Gasteiger partial charge >= 0.3 is 11.3 Å². The molecule has 0 radical (unpaired) electrons. The largest absolute Gasteiger partial charge is 0.493 e. The van der Waals surface area contributed by atoms with E-state index in [0.29, 0.717) is 73.4 Å². The zero-order chi connectivity index (χ0) is 39.4. The summed E-state index contributed by atoms with van der Waals surface area (Å²) < 4.78 is 35.0. The molecule has 0 spiro atoms. The van der Waals surface area contributed by atoms with Crippen molar-refractivity contribution in [3.63, 3.8) is 0 Å². The van der Waals surface area contributed by atoms with E-state index in [4.69, 9.17) is 33.3 Å². The van der Waals surface area contributed by atoms with E-state index >= 15 is 0 Å². The molecule has 3 aromatic carbocycles. The van der Waals surface area contributed by atoms with Crippen LogP contribution >= 0.6 is 0 Å². The third-order valence-corrected chi connectivity index (χ3v) is 9.61. The van der Waals surface area contributed by atoms with Crippen molar-refractivity contribution in [3.8, 4) is 23.0 Å². The van der Waals surface area contributed by atoms with Gasteiger partial charge in [0.05, 0.1) is 33.0 Å². The third-order valence-electron chi connectivity index (χ3n) is 9.61. The maximum Gasteiger partial charge on any atom is 0.336 e. The Morgan fingerprint density at radius 2 is 0.982 bits per heavy atom. The van der Waals surface area contributed by atoms with Gasteiger partial charge in [0.1, 0.15) is 34.2 Å². The first-order chi connectivity index (χ1) is 27.4. The van der Waals surface area contributed by atoms with E-state index in [1.807, 2.05) is 36.4 Å².